The molecule has 0 aliphatic carbocycles. The summed E-state index contributed by atoms with van der Waals surface area (Å²) in [4.78, 5) is -0.159. The molecule has 0 saturated carbocycles. The molecule has 1 fully saturated rings. The zero-order valence-electron chi connectivity index (χ0n) is 10.0. The molecule has 1 saturated heterocycles. The van der Waals surface area contributed by atoms with Gasteiger partial charge < -0.3 is 0 Å². The van der Waals surface area contributed by atoms with Crippen LogP contribution in [0.5, 0.6) is 0 Å². The van der Waals surface area contributed by atoms with Crippen molar-refractivity contribution in [3.05, 3.63) is 30.1 Å². The number of nitrogens with one attached hydrogen (secondary N) is 1. The number of benzene rings is 1. The third kappa shape index (κ3) is 3.74. The van der Waals surface area contributed by atoms with Crippen molar-refractivity contribution in [1.29, 1.82) is 0 Å². The van der Waals surface area contributed by atoms with Crippen LogP contribution >= 0.6 is 0 Å². The van der Waals surface area contributed by atoms with E-state index in [1.54, 1.807) is 0 Å². The van der Waals surface area contributed by atoms with Crippen LogP contribution in [-0.4, -0.2) is 34.9 Å². The van der Waals surface area contributed by atoms with E-state index in [4.69, 9.17) is 0 Å². The second kappa shape index (κ2) is 5.18. The molecule has 1 aliphatic rings. The fourth-order valence-electron chi connectivity index (χ4n) is 1.98. The van der Waals surface area contributed by atoms with Crippen molar-refractivity contribution in [3.8, 4) is 0 Å². The van der Waals surface area contributed by atoms with Gasteiger partial charge in [-0.15, -0.1) is 0 Å². The summed E-state index contributed by atoms with van der Waals surface area (Å²) in [6.45, 7) is 0.0536. The fraction of sp³-hybridized carbons (Fsp3) is 0.455. The molecule has 0 radical (unpaired) electrons. The molecule has 0 spiro atoms. The SMILES string of the molecule is O=S1(=O)CCC(CNS(=O)(=O)c2cccc(F)c2)C1. The lowest BCUT2D eigenvalue weighted by Gasteiger charge is -2.10. The van der Waals surface area contributed by atoms with E-state index in [9.17, 15) is 21.2 Å². The molecule has 5 nitrogen and oxygen atoms in total. The van der Waals surface area contributed by atoms with Crippen molar-refractivity contribution in [3.63, 3.8) is 0 Å². The smallest absolute Gasteiger partial charge is 0.229 e. The monoisotopic (exact) mass is 307 g/mol. The average molecular weight is 307 g/mol. The summed E-state index contributed by atoms with van der Waals surface area (Å²) in [6.07, 6.45) is 0.452. The lowest BCUT2D eigenvalue weighted by Crippen LogP contribution is -2.30. The van der Waals surface area contributed by atoms with E-state index in [2.05, 4.69) is 4.72 Å². The minimum absolute atomic E-state index is 0.00132. The van der Waals surface area contributed by atoms with Gasteiger partial charge in [-0.25, -0.2) is 25.9 Å². The van der Waals surface area contributed by atoms with Crippen LogP contribution in [0.1, 0.15) is 6.42 Å². The first-order chi connectivity index (χ1) is 8.78. The quantitative estimate of drug-likeness (QED) is 0.880. The lowest BCUT2D eigenvalue weighted by atomic mass is 10.1. The van der Waals surface area contributed by atoms with Crippen molar-refractivity contribution < 1.29 is 21.2 Å². The van der Waals surface area contributed by atoms with Gasteiger partial charge in [0.2, 0.25) is 10.0 Å². The van der Waals surface area contributed by atoms with E-state index in [1.807, 2.05) is 0 Å². The highest BCUT2D eigenvalue weighted by molar-refractivity contribution is 7.91. The Kier molecular flexibility index (Phi) is 3.93. The number of rotatable bonds is 4. The minimum atomic E-state index is -3.79. The van der Waals surface area contributed by atoms with Gasteiger partial charge in [0, 0.05) is 6.54 Å². The highest BCUT2D eigenvalue weighted by Crippen LogP contribution is 2.18. The maximum absolute atomic E-state index is 13.0. The van der Waals surface area contributed by atoms with Crippen molar-refractivity contribution in [1.82, 2.24) is 4.72 Å². The van der Waals surface area contributed by atoms with Crippen LogP contribution in [-0.2, 0) is 19.9 Å². The van der Waals surface area contributed by atoms with Crippen molar-refractivity contribution in [2.24, 2.45) is 5.92 Å². The van der Waals surface area contributed by atoms with Crippen LogP contribution < -0.4 is 4.72 Å². The van der Waals surface area contributed by atoms with Crippen LogP contribution in [0.15, 0.2) is 29.2 Å². The maximum Gasteiger partial charge on any atom is 0.240 e. The Labute approximate surface area is 111 Å². The summed E-state index contributed by atoms with van der Waals surface area (Å²) >= 11 is 0. The zero-order valence-corrected chi connectivity index (χ0v) is 11.7. The Morgan fingerprint density at radius 2 is 2.11 bits per heavy atom. The Balaban J connectivity index is 2.03. The second-order valence-corrected chi connectivity index (χ2v) is 8.57. The Hall–Kier alpha value is -0.990. The molecule has 0 amide bonds. The normalized spacial score (nSPS) is 22.5. The molecule has 1 aromatic carbocycles. The van der Waals surface area contributed by atoms with Gasteiger partial charge in [0.05, 0.1) is 16.4 Å². The van der Waals surface area contributed by atoms with E-state index in [1.165, 1.54) is 12.1 Å². The summed E-state index contributed by atoms with van der Waals surface area (Å²) in [7, 11) is -6.82. The predicted molar refractivity (Wildman–Crippen MR) is 68.3 cm³/mol. The molecule has 0 aromatic heterocycles. The maximum atomic E-state index is 13.0. The summed E-state index contributed by atoms with van der Waals surface area (Å²) in [5.74, 6) is -0.752. The van der Waals surface area contributed by atoms with Crippen LogP contribution in [0.3, 0.4) is 0 Å². The van der Waals surface area contributed by atoms with E-state index >= 15 is 0 Å². The standard InChI is InChI=1S/C11H14FNO4S2/c12-10-2-1-3-11(6-10)19(16,17)13-7-9-4-5-18(14,15)8-9/h1-3,6,9,13H,4-5,7-8H2. The number of sulfonamides is 1. The van der Waals surface area contributed by atoms with Crippen LogP contribution in [0.4, 0.5) is 4.39 Å². The largest absolute Gasteiger partial charge is 0.240 e. The van der Waals surface area contributed by atoms with Crippen LogP contribution in [0, 0.1) is 11.7 Å². The molecule has 1 heterocycles. The van der Waals surface area contributed by atoms with Gasteiger partial charge in [-0.2, -0.15) is 0 Å². The van der Waals surface area contributed by atoms with Crippen LogP contribution in [0.2, 0.25) is 0 Å². The van der Waals surface area contributed by atoms with E-state index in [-0.39, 0.29) is 28.9 Å². The van der Waals surface area contributed by atoms with Crippen molar-refractivity contribution in [2.75, 3.05) is 18.1 Å². The van der Waals surface area contributed by atoms with Gasteiger partial charge in [0.1, 0.15) is 5.82 Å². The van der Waals surface area contributed by atoms with Gasteiger partial charge >= 0.3 is 0 Å². The molecule has 0 bridgehead atoms. The van der Waals surface area contributed by atoms with E-state index in [0.29, 0.717) is 6.42 Å². The Morgan fingerprint density at radius 1 is 1.37 bits per heavy atom. The Bertz CT molecular complexity index is 670. The number of sulfone groups is 1. The molecule has 8 heteroatoms. The second-order valence-electron chi connectivity index (χ2n) is 4.58. The van der Waals surface area contributed by atoms with Crippen molar-refractivity contribution >= 4 is 19.9 Å². The van der Waals surface area contributed by atoms with Gasteiger partial charge in [0.15, 0.2) is 9.84 Å². The first-order valence-corrected chi connectivity index (χ1v) is 9.05. The third-order valence-electron chi connectivity index (χ3n) is 3.00. The molecule has 2 rings (SSSR count). The minimum Gasteiger partial charge on any atom is -0.229 e. The number of halogens is 1. The highest BCUT2D eigenvalue weighted by Gasteiger charge is 2.29. The number of hydrogen-bond acceptors (Lipinski definition) is 4. The summed E-state index contributed by atoms with van der Waals surface area (Å²) in [6, 6.07) is 4.68. The van der Waals surface area contributed by atoms with Gasteiger partial charge in [0.25, 0.3) is 0 Å². The van der Waals surface area contributed by atoms with Gasteiger partial charge in [-0.3, -0.25) is 0 Å². The topological polar surface area (TPSA) is 80.3 Å². The molecular formula is C11H14FNO4S2. The number of hydrogen-bond donors (Lipinski definition) is 1. The highest BCUT2D eigenvalue weighted by atomic mass is 32.2. The molecule has 1 atom stereocenters. The zero-order chi connectivity index (χ0) is 14.1. The van der Waals surface area contributed by atoms with E-state index < -0.39 is 25.7 Å². The lowest BCUT2D eigenvalue weighted by molar-refractivity contribution is 0.542. The van der Waals surface area contributed by atoms with Gasteiger partial charge in [-0.05, 0) is 30.5 Å². The third-order valence-corrected chi connectivity index (χ3v) is 6.25. The van der Waals surface area contributed by atoms with Crippen molar-refractivity contribution in [2.45, 2.75) is 11.3 Å². The fourth-order valence-corrected chi connectivity index (χ4v) is 4.99. The summed E-state index contributed by atoms with van der Waals surface area (Å²) in [5.41, 5.74) is 0. The first-order valence-electron chi connectivity index (χ1n) is 5.74. The predicted octanol–water partition coefficient (Wildman–Crippen LogP) is 0.539. The molecule has 106 valence electrons. The molecule has 1 aliphatic heterocycles. The van der Waals surface area contributed by atoms with Gasteiger partial charge in [-0.1, -0.05) is 6.07 Å². The summed E-state index contributed by atoms with van der Waals surface area (Å²) < 4.78 is 61.5. The molecule has 19 heavy (non-hydrogen) atoms. The molecule has 1 unspecified atom stereocenters. The molecule has 1 N–H and O–H groups in total. The van der Waals surface area contributed by atoms with Crippen LogP contribution in [0.25, 0.3) is 0 Å². The Morgan fingerprint density at radius 3 is 2.68 bits per heavy atom. The van der Waals surface area contributed by atoms with E-state index in [0.717, 1.165) is 12.1 Å². The first kappa shape index (κ1) is 14.4. The molecular weight excluding hydrogens is 293 g/mol. The summed E-state index contributed by atoms with van der Waals surface area (Å²) in [5, 5.41) is 0. The average Bonchev–Trinajstić information content (AvgIpc) is 2.67. The molecule has 1 aromatic rings.